The Morgan fingerprint density at radius 1 is 1.56 bits per heavy atom. The Bertz CT molecular complexity index is 369. The van der Waals surface area contributed by atoms with Crippen molar-refractivity contribution >= 4 is 17.8 Å². The van der Waals surface area contributed by atoms with Crippen molar-refractivity contribution in [3.8, 4) is 0 Å². The fourth-order valence-corrected chi connectivity index (χ4v) is 2.29. The molecule has 18 heavy (non-hydrogen) atoms. The minimum absolute atomic E-state index is 0.0736. The van der Waals surface area contributed by atoms with E-state index in [1.165, 1.54) is 0 Å². The zero-order valence-corrected chi connectivity index (χ0v) is 9.98. The molecule has 2 aliphatic heterocycles. The van der Waals surface area contributed by atoms with Crippen LogP contribution < -0.4 is 15.7 Å². The first-order valence-electron chi connectivity index (χ1n) is 6.13. The summed E-state index contributed by atoms with van der Waals surface area (Å²) in [5, 5.41) is 19.0. The second kappa shape index (κ2) is 5.70. The highest BCUT2D eigenvalue weighted by Crippen LogP contribution is 2.19. The molecule has 0 aromatic carbocycles. The third-order valence-corrected chi connectivity index (χ3v) is 3.10. The number of carbonyl (C=O) groups is 2. The summed E-state index contributed by atoms with van der Waals surface area (Å²) in [6.45, 7) is 0. The van der Waals surface area contributed by atoms with E-state index in [0.717, 1.165) is 19.3 Å². The Balaban J connectivity index is 1.77. The maximum Gasteiger partial charge on any atom is 0.220 e. The predicted molar refractivity (Wildman–Crippen MR) is 60.5 cm³/mol. The smallest absolute Gasteiger partial charge is 0.220 e. The van der Waals surface area contributed by atoms with Crippen LogP contribution in [0.5, 0.6) is 0 Å². The molecule has 1 saturated heterocycles. The molecule has 2 aliphatic rings. The van der Waals surface area contributed by atoms with Crippen LogP contribution in [0.25, 0.3) is 0 Å². The molecule has 2 unspecified atom stereocenters. The summed E-state index contributed by atoms with van der Waals surface area (Å²) in [5.41, 5.74) is 0. The SMILES string of the molecule is O=C([O-])NC1=NOC(CC2CCCCC(=O)N2)C1. The van der Waals surface area contributed by atoms with E-state index in [1.54, 1.807) is 0 Å². The highest BCUT2D eigenvalue weighted by molar-refractivity contribution is 5.94. The molecule has 100 valence electrons. The topological polar surface area (TPSA) is 103 Å². The van der Waals surface area contributed by atoms with Crippen LogP contribution in [-0.4, -0.2) is 30.0 Å². The zero-order valence-electron chi connectivity index (χ0n) is 9.98. The van der Waals surface area contributed by atoms with Gasteiger partial charge in [-0.15, -0.1) is 0 Å². The van der Waals surface area contributed by atoms with Gasteiger partial charge in [0.25, 0.3) is 0 Å². The second-order valence-corrected chi connectivity index (χ2v) is 4.63. The molecular formula is C11H16N3O4-. The standard InChI is InChI=1S/C11H17N3O4/c15-10-4-2-1-3-7(12-10)5-8-6-9(14-18-8)13-11(16)17/h7-8H,1-6H2,(H,12,15)(H,13,14)(H,16,17)/p-1. The van der Waals surface area contributed by atoms with Crippen molar-refractivity contribution in [3.05, 3.63) is 0 Å². The molecular weight excluding hydrogens is 238 g/mol. The van der Waals surface area contributed by atoms with Crippen LogP contribution in [0.15, 0.2) is 5.16 Å². The van der Waals surface area contributed by atoms with Gasteiger partial charge in [-0.05, 0) is 12.8 Å². The Morgan fingerprint density at radius 3 is 3.17 bits per heavy atom. The first kappa shape index (κ1) is 12.7. The van der Waals surface area contributed by atoms with Gasteiger partial charge in [-0.3, -0.25) is 4.79 Å². The third kappa shape index (κ3) is 3.61. The van der Waals surface area contributed by atoms with E-state index < -0.39 is 6.09 Å². The Hall–Kier alpha value is -1.79. The molecule has 2 atom stereocenters. The van der Waals surface area contributed by atoms with Crippen LogP contribution >= 0.6 is 0 Å². The molecule has 0 aromatic heterocycles. The number of carbonyl (C=O) groups excluding carboxylic acids is 2. The van der Waals surface area contributed by atoms with Crippen LogP contribution in [0.1, 0.15) is 38.5 Å². The first-order chi connectivity index (χ1) is 8.63. The highest BCUT2D eigenvalue weighted by Gasteiger charge is 2.26. The van der Waals surface area contributed by atoms with Gasteiger partial charge in [0.15, 0.2) is 5.84 Å². The van der Waals surface area contributed by atoms with E-state index in [-0.39, 0.29) is 23.9 Å². The summed E-state index contributed by atoms with van der Waals surface area (Å²) in [5.74, 6) is 0.337. The minimum atomic E-state index is -1.39. The third-order valence-electron chi connectivity index (χ3n) is 3.10. The van der Waals surface area contributed by atoms with Crippen molar-refractivity contribution in [1.82, 2.24) is 10.6 Å². The lowest BCUT2D eigenvalue weighted by molar-refractivity contribution is -0.248. The fraction of sp³-hybridized carbons (Fsp3) is 0.727. The Labute approximate surface area is 105 Å². The van der Waals surface area contributed by atoms with Gasteiger partial charge in [0.2, 0.25) is 5.91 Å². The van der Waals surface area contributed by atoms with Gasteiger partial charge in [-0.25, -0.2) is 0 Å². The van der Waals surface area contributed by atoms with Gasteiger partial charge in [-0.2, -0.15) is 0 Å². The number of nitrogens with one attached hydrogen (secondary N) is 2. The lowest BCUT2D eigenvalue weighted by Crippen LogP contribution is -2.41. The number of amidine groups is 1. The van der Waals surface area contributed by atoms with E-state index >= 15 is 0 Å². The summed E-state index contributed by atoms with van der Waals surface area (Å²) in [6.07, 6.45) is 2.91. The summed E-state index contributed by atoms with van der Waals surface area (Å²) in [4.78, 5) is 26.9. The molecule has 2 heterocycles. The van der Waals surface area contributed by atoms with E-state index in [0.29, 0.717) is 19.3 Å². The zero-order chi connectivity index (χ0) is 13.0. The summed E-state index contributed by atoms with van der Waals surface area (Å²) >= 11 is 0. The number of hydrogen-bond acceptors (Lipinski definition) is 5. The van der Waals surface area contributed by atoms with Crippen LogP contribution in [0.3, 0.4) is 0 Å². The molecule has 7 heteroatoms. The molecule has 0 saturated carbocycles. The number of amides is 2. The van der Waals surface area contributed by atoms with Crippen LogP contribution in [0.4, 0.5) is 4.79 Å². The number of hydrogen-bond donors (Lipinski definition) is 2. The predicted octanol–water partition coefficient (Wildman–Crippen LogP) is -0.529. The van der Waals surface area contributed by atoms with E-state index in [4.69, 9.17) is 4.84 Å². The molecule has 0 spiro atoms. The average Bonchev–Trinajstić information content (AvgIpc) is 2.59. The summed E-state index contributed by atoms with van der Waals surface area (Å²) in [7, 11) is 0. The van der Waals surface area contributed by atoms with Gasteiger partial charge in [0, 0.05) is 25.3 Å². The minimum Gasteiger partial charge on any atom is -0.530 e. The molecule has 7 nitrogen and oxygen atoms in total. The summed E-state index contributed by atoms with van der Waals surface area (Å²) in [6, 6.07) is 0.0857. The normalized spacial score (nSPS) is 27.8. The number of nitrogens with zero attached hydrogens (tertiary/aromatic N) is 1. The highest BCUT2D eigenvalue weighted by atomic mass is 16.6. The van der Waals surface area contributed by atoms with Crippen LogP contribution in [0, 0.1) is 0 Å². The van der Waals surface area contributed by atoms with Gasteiger partial charge < -0.3 is 25.4 Å². The molecule has 0 aliphatic carbocycles. The fourth-order valence-electron chi connectivity index (χ4n) is 2.29. The Morgan fingerprint density at radius 2 is 2.39 bits per heavy atom. The van der Waals surface area contributed by atoms with Crippen molar-refractivity contribution in [3.63, 3.8) is 0 Å². The molecule has 2 amide bonds. The van der Waals surface area contributed by atoms with Crippen LogP contribution in [0.2, 0.25) is 0 Å². The molecule has 2 N–H and O–H groups in total. The van der Waals surface area contributed by atoms with Gasteiger partial charge in [0.05, 0.1) is 0 Å². The van der Waals surface area contributed by atoms with Crippen molar-refractivity contribution in [2.75, 3.05) is 0 Å². The lowest BCUT2D eigenvalue weighted by Gasteiger charge is -2.18. The first-order valence-corrected chi connectivity index (χ1v) is 6.13. The van der Waals surface area contributed by atoms with Crippen molar-refractivity contribution in [2.45, 2.75) is 50.7 Å². The van der Waals surface area contributed by atoms with Gasteiger partial charge in [0.1, 0.15) is 12.2 Å². The second-order valence-electron chi connectivity index (χ2n) is 4.63. The van der Waals surface area contributed by atoms with E-state index in [9.17, 15) is 14.7 Å². The Kier molecular flexibility index (Phi) is 4.01. The van der Waals surface area contributed by atoms with E-state index in [1.807, 2.05) is 0 Å². The molecule has 0 bridgehead atoms. The number of rotatable bonds is 2. The van der Waals surface area contributed by atoms with Crippen LogP contribution in [-0.2, 0) is 9.63 Å². The monoisotopic (exact) mass is 254 g/mol. The molecule has 1 fully saturated rings. The van der Waals surface area contributed by atoms with Crippen molar-refractivity contribution < 1.29 is 19.5 Å². The van der Waals surface area contributed by atoms with E-state index in [2.05, 4.69) is 15.8 Å². The number of oxime groups is 1. The molecule has 0 radical (unpaired) electrons. The lowest BCUT2D eigenvalue weighted by atomic mass is 10.0. The average molecular weight is 254 g/mol. The van der Waals surface area contributed by atoms with Gasteiger partial charge >= 0.3 is 0 Å². The maximum absolute atomic E-state index is 11.4. The number of carboxylic acid groups (broad SMARTS) is 1. The largest absolute Gasteiger partial charge is 0.530 e. The molecule has 2 rings (SSSR count). The maximum atomic E-state index is 11.4. The molecule has 0 aromatic rings. The van der Waals surface area contributed by atoms with Gasteiger partial charge in [-0.1, -0.05) is 11.6 Å². The summed E-state index contributed by atoms with van der Waals surface area (Å²) < 4.78 is 0. The van der Waals surface area contributed by atoms with Crippen molar-refractivity contribution in [2.24, 2.45) is 5.16 Å². The quantitative estimate of drug-likeness (QED) is 0.691. The van der Waals surface area contributed by atoms with Crippen molar-refractivity contribution in [1.29, 1.82) is 0 Å².